The lowest BCUT2D eigenvalue weighted by atomic mass is 9.58. The van der Waals surface area contributed by atoms with Gasteiger partial charge in [-0.1, -0.05) is 11.2 Å². The van der Waals surface area contributed by atoms with Gasteiger partial charge >= 0.3 is 12.1 Å². The van der Waals surface area contributed by atoms with E-state index in [0.717, 1.165) is 0 Å². The van der Waals surface area contributed by atoms with Gasteiger partial charge in [0, 0.05) is 19.2 Å². The van der Waals surface area contributed by atoms with Crippen LogP contribution in [0.5, 0.6) is 0 Å². The third-order valence-electron chi connectivity index (χ3n) is 8.57. The first-order valence-electron chi connectivity index (χ1n) is 12.9. The number of nitrogens with one attached hydrogen (secondary N) is 2. The predicted molar refractivity (Wildman–Crippen MR) is 135 cm³/mol. The number of aliphatic imine (C=N–C) groups is 1. The largest absolute Gasteiger partial charge is 0.437 e. The molecule has 2 spiro atoms. The van der Waals surface area contributed by atoms with Crippen molar-refractivity contribution in [2.75, 3.05) is 22.9 Å². The summed E-state index contributed by atoms with van der Waals surface area (Å²) in [5.41, 5.74) is -1.44. The fraction of sp³-hybridized carbons (Fsp3) is 0.385. The number of amides is 4. The molecule has 8 rings (SSSR count). The molecule has 204 valence electrons. The lowest BCUT2D eigenvalue weighted by molar-refractivity contribution is -0.147. The van der Waals surface area contributed by atoms with E-state index in [1.54, 1.807) is 42.3 Å². The number of carbonyl (C=O) groups is 3. The minimum Gasteiger partial charge on any atom is -0.437 e. The quantitative estimate of drug-likeness (QED) is 0.492. The zero-order chi connectivity index (χ0) is 27.6. The summed E-state index contributed by atoms with van der Waals surface area (Å²) in [6.07, 6.45) is -0.565. The molecular formula is C26H22FN7O6. The average Bonchev–Trinajstić information content (AvgIpc) is 3.50. The molecule has 2 N–H and O–H groups in total. The minimum absolute atomic E-state index is 0.0321. The van der Waals surface area contributed by atoms with E-state index in [9.17, 15) is 14.4 Å². The van der Waals surface area contributed by atoms with Crippen LogP contribution < -0.4 is 20.4 Å². The monoisotopic (exact) mass is 547 g/mol. The molecule has 2 aromatic heterocycles. The molecule has 3 saturated heterocycles. The highest BCUT2D eigenvalue weighted by Crippen LogP contribution is 2.60. The molecule has 0 bridgehead atoms. The second kappa shape index (κ2) is 7.53. The fourth-order valence-corrected chi connectivity index (χ4v) is 6.96. The molecule has 5 aliphatic rings. The van der Waals surface area contributed by atoms with Crippen LogP contribution in [0.2, 0.25) is 0 Å². The minimum atomic E-state index is -1.32. The Bertz CT molecular complexity index is 1690. The van der Waals surface area contributed by atoms with E-state index >= 15 is 4.39 Å². The molecule has 1 aromatic carbocycles. The van der Waals surface area contributed by atoms with Gasteiger partial charge in [-0.05, 0) is 37.6 Å². The van der Waals surface area contributed by atoms with Crippen LogP contribution in [-0.4, -0.2) is 65.0 Å². The number of carbonyl (C=O) groups excluding carboxylic acids is 3. The lowest BCUT2D eigenvalue weighted by Crippen LogP contribution is -2.86. The number of hydrogen-bond donors (Lipinski definition) is 2. The van der Waals surface area contributed by atoms with Gasteiger partial charge in [-0.3, -0.25) is 25.3 Å². The summed E-state index contributed by atoms with van der Waals surface area (Å²) in [6, 6.07) is 6.32. The van der Waals surface area contributed by atoms with Gasteiger partial charge in [0.2, 0.25) is 11.5 Å². The number of cyclic esters (lactones) is 1. The fourth-order valence-electron chi connectivity index (χ4n) is 6.96. The van der Waals surface area contributed by atoms with Gasteiger partial charge in [0.05, 0.1) is 29.4 Å². The number of benzene rings is 1. The highest BCUT2D eigenvalue weighted by atomic mass is 19.1. The number of nitrogens with zero attached hydrogens (tertiary/aromatic N) is 5. The van der Waals surface area contributed by atoms with E-state index in [2.05, 4.69) is 20.8 Å². The topological polar surface area (TPSA) is 151 Å². The highest BCUT2D eigenvalue weighted by Gasteiger charge is 2.77. The molecule has 4 amide bonds. The normalized spacial score (nSPS) is 32.2. The molecule has 3 fully saturated rings. The van der Waals surface area contributed by atoms with Crippen molar-refractivity contribution in [2.45, 2.75) is 44.2 Å². The molecule has 0 aliphatic carbocycles. The number of rotatable bonds is 2. The average molecular weight is 548 g/mol. The number of anilines is 2. The first-order chi connectivity index (χ1) is 19.2. The molecule has 0 radical (unpaired) electrons. The van der Waals surface area contributed by atoms with Gasteiger partial charge in [0.1, 0.15) is 11.9 Å². The van der Waals surface area contributed by atoms with Gasteiger partial charge in [0.25, 0.3) is 0 Å². The van der Waals surface area contributed by atoms with Crippen LogP contribution in [0.4, 0.5) is 25.5 Å². The standard InChI is InChI=1S/C26H22FN7O6/c1-11-9-34-18-13(8-25-21(29-23(36)30-22(25)35)31-26(25,34)12(2)38-11)7-14-19(17(18)27)40-32-20(14)33-10-16(39-24(33)37)15-5-3-4-6-28-15/h3-7,11-12,16H,8-10H2,1-2H3,(H2,29,30,31,35,36)/t11-,12+,16+,25?,26-/m1/s1. The van der Waals surface area contributed by atoms with Crippen molar-refractivity contribution in [2.24, 2.45) is 10.4 Å². The second-order valence-electron chi connectivity index (χ2n) is 10.7. The number of halogens is 1. The zero-order valence-electron chi connectivity index (χ0n) is 21.3. The van der Waals surface area contributed by atoms with Gasteiger partial charge in [-0.2, -0.15) is 0 Å². The molecule has 5 atom stereocenters. The van der Waals surface area contributed by atoms with E-state index < -0.39 is 47.1 Å². The second-order valence-corrected chi connectivity index (χ2v) is 10.7. The Kier molecular flexibility index (Phi) is 4.39. The van der Waals surface area contributed by atoms with Gasteiger partial charge in [-0.25, -0.2) is 19.0 Å². The van der Waals surface area contributed by atoms with Gasteiger partial charge in [0.15, 0.2) is 28.8 Å². The van der Waals surface area contributed by atoms with Crippen LogP contribution in [0.15, 0.2) is 40.0 Å². The number of pyridine rings is 1. The molecule has 14 heteroatoms. The first-order valence-corrected chi connectivity index (χ1v) is 12.9. The zero-order valence-corrected chi connectivity index (χ0v) is 21.3. The Morgan fingerprint density at radius 1 is 1.15 bits per heavy atom. The van der Waals surface area contributed by atoms with Crippen molar-refractivity contribution in [1.29, 1.82) is 0 Å². The lowest BCUT2D eigenvalue weighted by Gasteiger charge is -2.67. The van der Waals surface area contributed by atoms with Crippen molar-refractivity contribution < 1.29 is 32.8 Å². The van der Waals surface area contributed by atoms with E-state index in [0.29, 0.717) is 11.3 Å². The Balaban J connectivity index is 1.28. The number of hydrogen-bond acceptors (Lipinski definition) is 10. The number of aromatic nitrogens is 2. The molecule has 1 unspecified atom stereocenters. The summed E-state index contributed by atoms with van der Waals surface area (Å²) in [4.78, 5) is 50.5. The summed E-state index contributed by atoms with van der Waals surface area (Å²) in [5, 5.41) is 9.34. The third kappa shape index (κ3) is 2.63. The van der Waals surface area contributed by atoms with Crippen LogP contribution in [0.1, 0.15) is 31.2 Å². The molecule has 13 nitrogen and oxygen atoms in total. The van der Waals surface area contributed by atoms with Crippen molar-refractivity contribution in [1.82, 2.24) is 20.8 Å². The maximum Gasteiger partial charge on any atom is 0.416 e. The number of ether oxygens (including phenoxy) is 2. The summed E-state index contributed by atoms with van der Waals surface area (Å²) in [5.74, 6) is -0.898. The number of imide groups is 1. The Hall–Kier alpha value is -4.59. The molecule has 5 aliphatic heterocycles. The number of amidine groups is 1. The van der Waals surface area contributed by atoms with Crippen molar-refractivity contribution in [3.8, 4) is 0 Å². The van der Waals surface area contributed by atoms with Crippen LogP contribution in [0, 0.1) is 11.2 Å². The van der Waals surface area contributed by atoms with Crippen molar-refractivity contribution in [3.05, 3.63) is 47.5 Å². The SMILES string of the molecule is C[C@@H]1CN2c3c(cc4c(N5C[C@@H](c6ccccn6)OC5=O)noc4c3F)CC34C(=O)NC(=O)NC3=N[C@]24[C@H](C)O1. The summed E-state index contributed by atoms with van der Waals surface area (Å²) in [6.45, 7) is 3.99. The summed E-state index contributed by atoms with van der Waals surface area (Å²) < 4.78 is 33.5. The van der Waals surface area contributed by atoms with E-state index in [1.807, 2.05) is 6.92 Å². The van der Waals surface area contributed by atoms with E-state index in [4.69, 9.17) is 19.0 Å². The maximum absolute atomic E-state index is 16.4. The van der Waals surface area contributed by atoms with Crippen molar-refractivity contribution >= 4 is 46.3 Å². The van der Waals surface area contributed by atoms with Crippen LogP contribution >= 0.6 is 0 Å². The Labute approximate surface area is 225 Å². The smallest absolute Gasteiger partial charge is 0.416 e. The highest BCUT2D eigenvalue weighted by molar-refractivity contribution is 6.26. The number of morpholine rings is 1. The predicted octanol–water partition coefficient (Wildman–Crippen LogP) is 2.16. The van der Waals surface area contributed by atoms with E-state index in [-0.39, 0.29) is 53.9 Å². The first kappa shape index (κ1) is 23.3. The number of fused-ring (bicyclic) bond motifs is 3. The maximum atomic E-state index is 16.4. The van der Waals surface area contributed by atoms with Gasteiger partial charge < -0.3 is 18.9 Å². The number of urea groups is 1. The molecule has 0 saturated carbocycles. The summed E-state index contributed by atoms with van der Waals surface area (Å²) >= 11 is 0. The van der Waals surface area contributed by atoms with Crippen LogP contribution in [0.3, 0.4) is 0 Å². The Morgan fingerprint density at radius 2 is 2.00 bits per heavy atom. The molecule has 3 aromatic rings. The van der Waals surface area contributed by atoms with E-state index in [1.165, 1.54) is 4.90 Å². The summed E-state index contributed by atoms with van der Waals surface area (Å²) in [7, 11) is 0. The third-order valence-corrected chi connectivity index (χ3v) is 8.57. The molecule has 40 heavy (non-hydrogen) atoms. The van der Waals surface area contributed by atoms with Crippen molar-refractivity contribution in [3.63, 3.8) is 0 Å². The van der Waals surface area contributed by atoms with Crippen LogP contribution in [-0.2, 0) is 20.7 Å². The van der Waals surface area contributed by atoms with Crippen LogP contribution in [0.25, 0.3) is 11.0 Å². The molecule has 7 heterocycles. The Morgan fingerprint density at radius 3 is 2.77 bits per heavy atom. The molecular weight excluding hydrogens is 525 g/mol. The van der Waals surface area contributed by atoms with Gasteiger partial charge in [-0.15, -0.1) is 0 Å².